The van der Waals surface area contributed by atoms with E-state index in [0.29, 0.717) is 6.54 Å². The lowest BCUT2D eigenvalue weighted by molar-refractivity contribution is -0.122. The van der Waals surface area contributed by atoms with Crippen molar-refractivity contribution in [3.63, 3.8) is 0 Å². The summed E-state index contributed by atoms with van der Waals surface area (Å²) in [6.07, 6.45) is 2.64. The minimum Gasteiger partial charge on any atom is -0.349 e. The molecule has 25 heavy (non-hydrogen) atoms. The predicted octanol–water partition coefficient (Wildman–Crippen LogP) is 4.15. The number of carbonyl (C=O) groups excluding carboxylic acids is 1. The highest BCUT2D eigenvalue weighted by Gasteiger charge is 2.44. The zero-order chi connectivity index (χ0) is 17.2. The molecule has 2 unspecified atom stereocenters. The van der Waals surface area contributed by atoms with Gasteiger partial charge >= 0.3 is 0 Å². The summed E-state index contributed by atoms with van der Waals surface area (Å²) in [7, 11) is 0. The summed E-state index contributed by atoms with van der Waals surface area (Å²) in [5, 5.41) is 3.71. The van der Waals surface area contributed by atoms with Gasteiger partial charge in [-0.2, -0.15) is 0 Å². The number of benzene rings is 2. The Morgan fingerprint density at radius 2 is 1.92 bits per heavy atom. The van der Waals surface area contributed by atoms with Gasteiger partial charge in [0.2, 0.25) is 5.91 Å². The van der Waals surface area contributed by atoms with Gasteiger partial charge in [0.1, 0.15) is 5.82 Å². The molecule has 0 saturated heterocycles. The number of nitrogens with zero attached hydrogens (tertiary/aromatic N) is 1. The fourth-order valence-electron chi connectivity index (χ4n) is 3.12. The van der Waals surface area contributed by atoms with Crippen LogP contribution >= 0.6 is 11.6 Å². The number of hydrogen-bond acceptors (Lipinski definition) is 2. The molecule has 2 N–H and O–H groups in total. The SMILES string of the molecule is O=C(NCc1ncc(-c2ccccc2)[nH]1)C1CC1c1ccccc1Cl. The van der Waals surface area contributed by atoms with Gasteiger partial charge in [-0.3, -0.25) is 4.79 Å². The van der Waals surface area contributed by atoms with E-state index >= 15 is 0 Å². The molecular weight excluding hydrogens is 334 g/mol. The van der Waals surface area contributed by atoms with Gasteiger partial charge in [0.05, 0.1) is 18.4 Å². The van der Waals surface area contributed by atoms with E-state index in [1.165, 1.54) is 0 Å². The van der Waals surface area contributed by atoms with E-state index in [9.17, 15) is 4.79 Å². The molecule has 1 aromatic heterocycles. The van der Waals surface area contributed by atoms with Gasteiger partial charge < -0.3 is 10.3 Å². The molecule has 0 radical (unpaired) electrons. The molecule has 0 spiro atoms. The Morgan fingerprint density at radius 3 is 2.72 bits per heavy atom. The van der Waals surface area contributed by atoms with Crippen LogP contribution in [0.1, 0.15) is 23.7 Å². The van der Waals surface area contributed by atoms with Crippen molar-refractivity contribution >= 4 is 17.5 Å². The molecule has 2 aromatic carbocycles. The summed E-state index contributed by atoms with van der Waals surface area (Å²) < 4.78 is 0. The van der Waals surface area contributed by atoms with Gasteiger partial charge in [0.15, 0.2) is 0 Å². The number of H-pyrrole nitrogens is 1. The maximum absolute atomic E-state index is 12.4. The molecule has 1 aliphatic carbocycles. The van der Waals surface area contributed by atoms with Crippen molar-refractivity contribution < 1.29 is 4.79 Å². The van der Waals surface area contributed by atoms with Crippen LogP contribution in [0.25, 0.3) is 11.3 Å². The number of hydrogen-bond donors (Lipinski definition) is 2. The Bertz CT molecular complexity index is 891. The van der Waals surface area contributed by atoms with Crippen molar-refractivity contribution in [2.45, 2.75) is 18.9 Å². The first-order chi connectivity index (χ1) is 12.2. The summed E-state index contributed by atoms with van der Waals surface area (Å²) in [6.45, 7) is 0.400. The number of rotatable bonds is 5. The van der Waals surface area contributed by atoms with Crippen molar-refractivity contribution in [3.8, 4) is 11.3 Å². The molecule has 1 aliphatic rings. The number of aromatic amines is 1. The maximum atomic E-state index is 12.4. The average molecular weight is 352 g/mol. The number of imidazole rings is 1. The molecule has 126 valence electrons. The van der Waals surface area contributed by atoms with Gasteiger partial charge in [-0.05, 0) is 29.5 Å². The fraction of sp³-hybridized carbons (Fsp3) is 0.200. The van der Waals surface area contributed by atoms with Crippen molar-refractivity contribution in [2.75, 3.05) is 0 Å². The number of halogens is 1. The van der Waals surface area contributed by atoms with Crippen LogP contribution in [-0.2, 0) is 11.3 Å². The molecular formula is C20H18ClN3O. The van der Waals surface area contributed by atoms with E-state index in [-0.39, 0.29) is 17.7 Å². The van der Waals surface area contributed by atoms with E-state index in [0.717, 1.165) is 34.1 Å². The molecule has 1 heterocycles. The number of nitrogens with one attached hydrogen (secondary N) is 2. The Labute approximate surface area is 151 Å². The predicted molar refractivity (Wildman–Crippen MR) is 98.2 cm³/mol. The first-order valence-electron chi connectivity index (χ1n) is 8.34. The number of aromatic nitrogens is 2. The molecule has 4 nitrogen and oxygen atoms in total. The quantitative estimate of drug-likeness (QED) is 0.725. The van der Waals surface area contributed by atoms with E-state index in [1.807, 2.05) is 54.6 Å². The Morgan fingerprint density at radius 1 is 1.16 bits per heavy atom. The minimum atomic E-state index is 0.00320. The van der Waals surface area contributed by atoms with Crippen LogP contribution in [-0.4, -0.2) is 15.9 Å². The summed E-state index contributed by atoms with van der Waals surface area (Å²) in [5.41, 5.74) is 3.09. The van der Waals surface area contributed by atoms with E-state index in [1.54, 1.807) is 6.20 Å². The molecule has 0 bridgehead atoms. The normalized spacial score (nSPS) is 18.8. The summed E-state index contributed by atoms with van der Waals surface area (Å²) in [5.74, 6) is 1.04. The standard InChI is InChI=1S/C20H18ClN3O/c21-17-9-5-4-8-14(17)15-10-16(15)20(25)23-12-19-22-11-18(24-19)13-6-2-1-3-7-13/h1-9,11,15-16H,10,12H2,(H,22,24)(H,23,25). The third kappa shape index (κ3) is 3.44. The second-order valence-electron chi connectivity index (χ2n) is 6.30. The second-order valence-corrected chi connectivity index (χ2v) is 6.70. The van der Waals surface area contributed by atoms with Gasteiger partial charge in [0, 0.05) is 10.9 Å². The van der Waals surface area contributed by atoms with Gasteiger partial charge in [0.25, 0.3) is 0 Å². The van der Waals surface area contributed by atoms with Crippen LogP contribution < -0.4 is 5.32 Å². The van der Waals surface area contributed by atoms with Gasteiger partial charge in [-0.1, -0.05) is 60.1 Å². The molecule has 5 heteroatoms. The lowest BCUT2D eigenvalue weighted by Crippen LogP contribution is -2.25. The third-order valence-corrected chi connectivity index (χ3v) is 4.92. The Kier molecular flexibility index (Phi) is 4.28. The van der Waals surface area contributed by atoms with Gasteiger partial charge in [-0.25, -0.2) is 4.98 Å². The highest BCUT2D eigenvalue weighted by molar-refractivity contribution is 6.31. The average Bonchev–Trinajstić information content (AvgIpc) is 3.30. The lowest BCUT2D eigenvalue weighted by atomic mass is 10.1. The monoisotopic (exact) mass is 351 g/mol. The van der Waals surface area contributed by atoms with Crippen molar-refractivity contribution in [1.82, 2.24) is 15.3 Å². The van der Waals surface area contributed by atoms with Crippen LogP contribution in [0.4, 0.5) is 0 Å². The summed E-state index contributed by atoms with van der Waals surface area (Å²) in [4.78, 5) is 19.9. The largest absolute Gasteiger partial charge is 0.349 e. The summed E-state index contributed by atoms with van der Waals surface area (Å²) >= 11 is 6.22. The lowest BCUT2D eigenvalue weighted by Gasteiger charge is -2.05. The van der Waals surface area contributed by atoms with E-state index in [2.05, 4.69) is 15.3 Å². The zero-order valence-electron chi connectivity index (χ0n) is 13.6. The molecule has 1 fully saturated rings. The first kappa shape index (κ1) is 15.9. The Hall–Kier alpha value is -2.59. The molecule has 0 aliphatic heterocycles. The highest BCUT2D eigenvalue weighted by atomic mass is 35.5. The highest BCUT2D eigenvalue weighted by Crippen LogP contribution is 2.49. The van der Waals surface area contributed by atoms with E-state index in [4.69, 9.17) is 11.6 Å². The third-order valence-electron chi connectivity index (χ3n) is 4.58. The van der Waals surface area contributed by atoms with Gasteiger partial charge in [-0.15, -0.1) is 0 Å². The van der Waals surface area contributed by atoms with E-state index < -0.39 is 0 Å². The molecule has 1 amide bonds. The van der Waals surface area contributed by atoms with Crippen LogP contribution in [0.2, 0.25) is 5.02 Å². The minimum absolute atomic E-state index is 0.00320. The first-order valence-corrected chi connectivity index (χ1v) is 8.71. The smallest absolute Gasteiger partial charge is 0.224 e. The van der Waals surface area contributed by atoms with Crippen molar-refractivity contribution in [1.29, 1.82) is 0 Å². The molecule has 2 atom stereocenters. The Balaban J connectivity index is 1.34. The van der Waals surface area contributed by atoms with Crippen LogP contribution in [0, 0.1) is 5.92 Å². The zero-order valence-corrected chi connectivity index (χ0v) is 14.3. The second kappa shape index (κ2) is 6.73. The number of amides is 1. The van der Waals surface area contributed by atoms with Crippen molar-refractivity contribution in [3.05, 3.63) is 77.2 Å². The van der Waals surface area contributed by atoms with Crippen LogP contribution in [0.5, 0.6) is 0 Å². The fourth-order valence-corrected chi connectivity index (χ4v) is 3.40. The molecule has 4 rings (SSSR count). The molecule has 3 aromatic rings. The topological polar surface area (TPSA) is 57.8 Å². The van der Waals surface area contributed by atoms with Crippen molar-refractivity contribution in [2.24, 2.45) is 5.92 Å². The van der Waals surface area contributed by atoms with Crippen LogP contribution in [0.3, 0.4) is 0 Å². The van der Waals surface area contributed by atoms with Crippen LogP contribution in [0.15, 0.2) is 60.8 Å². The number of carbonyl (C=O) groups is 1. The molecule has 1 saturated carbocycles. The summed E-state index contributed by atoms with van der Waals surface area (Å²) in [6, 6.07) is 17.7. The maximum Gasteiger partial charge on any atom is 0.224 e.